The van der Waals surface area contributed by atoms with Crippen molar-refractivity contribution in [3.63, 3.8) is 0 Å². The first-order valence-corrected chi connectivity index (χ1v) is 6.36. The molecule has 17 heavy (non-hydrogen) atoms. The van der Waals surface area contributed by atoms with Crippen molar-refractivity contribution in [1.82, 2.24) is 5.32 Å². The Labute approximate surface area is 102 Å². The number of furan rings is 1. The van der Waals surface area contributed by atoms with Crippen LogP contribution in [0.5, 0.6) is 0 Å². The fourth-order valence-corrected chi connectivity index (χ4v) is 2.18. The summed E-state index contributed by atoms with van der Waals surface area (Å²) in [6.07, 6.45) is 6.27. The van der Waals surface area contributed by atoms with Crippen LogP contribution in [-0.4, -0.2) is 30.4 Å². The minimum atomic E-state index is -0.439. The Balaban J connectivity index is 1.52. The van der Waals surface area contributed by atoms with Crippen molar-refractivity contribution in [2.75, 3.05) is 13.2 Å². The molecule has 96 valence electrons. The van der Waals surface area contributed by atoms with Crippen molar-refractivity contribution in [3.8, 4) is 0 Å². The Hall–Kier alpha value is -0.840. The first-order valence-electron chi connectivity index (χ1n) is 6.36. The number of hydrogen-bond donors (Lipinski definition) is 2. The minimum Gasteiger partial charge on any atom is -0.467 e. The van der Waals surface area contributed by atoms with Gasteiger partial charge in [0.05, 0.1) is 19.0 Å². The van der Waals surface area contributed by atoms with Crippen molar-refractivity contribution < 1.29 is 14.3 Å². The summed E-state index contributed by atoms with van der Waals surface area (Å²) in [5.41, 5.74) is 0. The highest BCUT2D eigenvalue weighted by Gasteiger charge is 2.15. The number of rotatable bonds is 7. The molecule has 0 bridgehead atoms. The quantitative estimate of drug-likeness (QED) is 0.760. The largest absolute Gasteiger partial charge is 0.467 e. The van der Waals surface area contributed by atoms with Gasteiger partial charge in [-0.2, -0.15) is 0 Å². The van der Waals surface area contributed by atoms with E-state index < -0.39 is 6.10 Å². The van der Waals surface area contributed by atoms with Crippen LogP contribution >= 0.6 is 0 Å². The van der Waals surface area contributed by atoms with E-state index in [0.29, 0.717) is 25.8 Å². The lowest BCUT2D eigenvalue weighted by Gasteiger charge is -2.15. The lowest BCUT2D eigenvalue weighted by atomic mass is 10.2. The van der Waals surface area contributed by atoms with Crippen molar-refractivity contribution in [3.05, 3.63) is 24.2 Å². The molecule has 0 aromatic carbocycles. The molecule has 0 aliphatic heterocycles. The maximum Gasteiger partial charge on any atom is 0.129 e. The first kappa shape index (κ1) is 12.6. The Kier molecular flexibility index (Phi) is 5.04. The molecular weight excluding hydrogens is 218 g/mol. The molecule has 1 saturated carbocycles. The van der Waals surface area contributed by atoms with E-state index in [0.717, 1.165) is 5.76 Å². The number of aliphatic hydroxyl groups is 1. The molecule has 1 aliphatic rings. The molecule has 0 amide bonds. The average molecular weight is 239 g/mol. The van der Waals surface area contributed by atoms with Gasteiger partial charge in [0.25, 0.3) is 0 Å². The second kappa shape index (κ2) is 6.79. The SMILES string of the molecule is OC(CNC1CCCC1)COCc1ccco1. The van der Waals surface area contributed by atoms with E-state index in [1.807, 2.05) is 12.1 Å². The molecule has 4 heteroatoms. The zero-order valence-corrected chi connectivity index (χ0v) is 10.1. The molecule has 0 spiro atoms. The highest BCUT2D eigenvalue weighted by Crippen LogP contribution is 2.17. The fourth-order valence-electron chi connectivity index (χ4n) is 2.18. The zero-order valence-electron chi connectivity index (χ0n) is 10.1. The summed E-state index contributed by atoms with van der Waals surface area (Å²) < 4.78 is 10.5. The normalized spacial score (nSPS) is 18.6. The monoisotopic (exact) mass is 239 g/mol. The summed E-state index contributed by atoms with van der Waals surface area (Å²) in [4.78, 5) is 0. The van der Waals surface area contributed by atoms with Crippen LogP contribution in [0.1, 0.15) is 31.4 Å². The van der Waals surface area contributed by atoms with Gasteiger partial charge in [0.15, 0.2) is 0 Å². The predicted molar refractivity (Wildman–Crippen MR) is 64.6 cm³/mol. The second-order valence-corrected chi connectivity index (χ2v) is 4.64. The smallest absolute Gasteiger partial charge is 0.129 e. The molecule has 1 fully saturated rings. The van der Waals surface area contributed by atoms with Gasteiger partial charge in [0.1, 0.15) is 12.4 Å². The standard InChI is InChI=1S/C13H21NO3/c15-12(8-14-11-4-1-2-5-11)9-16-10-13-6-3-7-17-13/h3,6-7,11-12,14-15H,1-2,4-5,8-10H2. The molecular formula is C13H21NO3. The summed E-state index contributed by atoms with van der Waals surface area (Å²) >= 11 is 0. The Bertz CT molecular complexity index is 294. The summed E-state index contributed by atoms with van der Waals surface area (Å²) in [5.74, 6) is 0.793. The highest BCUT2D eigenvalue weighted by molar-refractivity contribution is 4.96. The van der Waals surface area contributed by atoms with Gasteiger partial charge in [-0.25, -0.2) is 0 Å². The lowest BCUT2D eigenvalue weighted by molar-refractivity contribution is 0.0216. The maximum absolute atomic E-state index is 9.72. The third-order valence-electron chi connectivity index (χ3n) is 3.13. The Morgan fingerprint density at radius 3 is 3.00 bits per heavy atom. The van der Waals surface area contributed by atoms with E-state index in [4.69, 9.17) is 9.15 Å². The van der Waals surface area contributed by atoms with E-state index in [-0.39, 0.29) is 0 Å². The summed E-state index contributed by atoms with van der Waals surface area (Å²) in [5, 5.41) is 13.1. The van der Waals surface area contributed by atoms with Crippen LogP contribution in [0.3, 0.4) is 0 Å². The number of ether oxygens (including phenoxy) is 1. The zero-order chi connectivity index (χ0) is 11.9. The van der Waals surface area contributed by atoms with Crippen molar-refractivity contribution in [1.29, 1.82) is 0 Å². The van der Waals surface area contributed by atoms with Crippen LogP contribution in [-0.2, 0) is 11.3 Å². The van der Waals surface area contributed by atoms with Crippen LogP contribution < -0.4 is 5.32 Å². The summed E-state index contributed by atoms with van der Waals surface area (Å²) in [6.45, 7) is 1.39. The van der Waals surface area contributed by atoms with Gasteiger partial charge in [0.2, 0.25) is 0 Å². The minimum absolute atomic E-state index is 0.348. The number of aliphatic hydroxyl groups excluding tert-OH is 1. The van der Waals surface area contributed by atoms with E-state index >= 15 is 0 Å². The maximum atomic E-state index is 9.72. The predicted octanol–water partition coefficient (Wildman–Crippen LogP) is 1.69. The topological polar surface area (TPSA) is 54.6 Å². The molecule has 4 nitrogen and oxygen atoms in total. The van der Waals surface area contributed by atoms with Crippen molar-refractivity contribution in [2.45, 2.75) is 44.4 Å². The van der Waals surface area contributed by atoms with Crippen molar-refractivity contribution in [2.24, 2.45) is 0 Å². The van der Waals surface area contributed by atoms with Crippen LogP contribution in [0.15, 0.2) is 22.8 Å². The number of nitrogens with one attached hydrogen (secondary N) is 1. The summed E-state index contributed by atoms with van der Waals surface area (Å²) in [7, 11) is 0. The summed E-state index contributed by atoms with van der Waals surface area (Å²) in [6, 6.07) is 4.29. The van der Waals surface area contributed by atoms with E-state index in [9.17, 15) is 5.11 Å². The van der Waals surface area contributed by atoms with Gasteiger partial charge in [-0.05, 0) is 25.0 Å². The molecule has 1 unspecified atom stereocenters. The van der Waals surface area contributed by atoms with Crippen LogP contribution in [0.25, 0.3) is 0 Å². The lowest BCUT2D eigenvalue weighted by Crippen LogP contribution is -2.36. The van der Waals surface area contributed by atoms with E-state index in [2.05, 4.69) is 5.32 Å². The van der Waals surface area contributed by atoms with Gasteiger partial charge in [-0.15, -0.1) is 0 Å². The highest BCUT2D eigenvalue weighted by atomic mass is 16.5. The molecule has 1 aromatic heterocycles. The molecule has 1 aliphatic carbocycles. The fraction of sp³-hybridized carbons (Fsp3) is 0.692. The molecule has 1 aromatic rings. The molecule has 1 heterocycles. The van der Waals surface area contributed by atoms with Gasteiger partial charge in [-0.1, -0.05) is 12.8 Å². The van der Waals surface area contributed by atoms with E-state index in [1.54, 1.807) is 6.26 Å². The molecule has 2 N–H and O–H groups in total. The first-order chi connectivity index (χ1) is 8.34. The molecule has 1 atom stereocenters. The third-order valence-corrected chi connectivity index (χ3v) is 3.13. The van der Waals surface area contributed by atoms with Crippen LogP contribution in [0.4, 0.5) is 0 Å². The van der Waals surface area contributed by atoms with Crippen LogP contribution in [0.2, 0.25) is 0 Å². The van der Waals surface area contributed by atoms with Crippen LogP contribution in [0, 0.1) is 0 Å². The van der Waals surface area contributed by atoms with Crippen molar-refractivity contribution >= 4 is 0 Å². The van der Waals surface area contributed by atoms with Gasteiger partial charge in [-0.3, -0.25) is 0 Å². The third kappa shape index (κ3) is 4.50. The van der Waals surface area contributed by atoms with Gasteiger partial charge < -0.3 is 19.6 Å². The Morgan fingerprint density at radius 1 is 1.47 bits per heavy atom. The van der Waals surface area contributed by atoms with E-state index in [1.165, 1.54) is 25.7 Å². The van der Waals surface area contributed by atoms with Gasteiger partial charge in [0, 0.05) is 12.6 Å². The molecule has 0 radical (unpaired) electrons. The second-order valence-electron chi connectivity index (χ2n) is 4.64. The number of hydrogen-bond acceptors (Lipinski definition) is 4. The molecule has 2 rings (SSSR count). The average Bonchev–Trinajstić information content (AvgIpc) is 2.99. The Morgan fingerprint density at radius 2 is 2.29 bits per heavy atom. The molecule has 0 saturated heterocycles. The van der Waals surface area contributed by atoms with Gasteiger partial charge >= 0.3 is 0 Å².